The van der Waals surface area contributed by atoms with Crippen LogP contribution in [0.2, 0.25) is 0 Å². The van der Waals surface area contributed by atoms with Crippen LogP contribution >= 0.6 is 0 Å². The van der Waals surface area contributed by atoms with Crippen LogP contribution < -0.4 is 10.1 Å². The number of benzene rings is 1. The molecule has 1 aliphatic rings. The largest absolute Gasteiger partial charge is 0.482 e. The molecule has 33 heavy (non-hydrogen) atoms. The second-order valence-corrected chi connectivity index (χ2v) is 7.81. The molecule has 1 amide bonds. The Bertz CT molecular complexity index is 1110. The van der Waals surface area contributed by atoms with Gasteiger partial charge in [-0.25, -0.2) is 4.79 Å². The molecule has 0 aliphatic heterocycles. The van der Waals surface area contributed by atoms with E-state index >= 15 is 0 Å². The first-order valence-corrected chi connectivity index (χ1v) is 10.9. The van der Waals surface area contributed by atoms with Crippen molar-refractivity contribution in [2.24, 2.45) is 0 Å². The van der Waals surface area contributed by atoms with Gasteiger partial charge in [-0.3, -0.25) is 14.8 Å². The Hall–Kier alpha value is -4.00. The summed E-state index contributed by atoms with van der Waals surface area (Å²) in [4.78, 5) is 32.2. The number of nitrogens with zero attached hydrogens (tertiary/aromatic N) is 2. The predicted molar refractivity (Wildman–Crippen MR) is 124 cm³/mol. The topological polar surface area (TPSA) is 101 Å². The van der Waals surface area contributed by atoms with Crippen LogP contribution in [0.1, 0.15) is 47.6 Å². The average molecular weight is 444 g/mol. The molecule has 1 aliphatic carbocycles. The van der Waals surface area contributed by atoms with Crippen LogP contribution in [0.15, 0.2) is 73.3 Å². The SMILES string of the molecule is O=C(O)COc1cccc2c1CCC=C2CCC(=O)NC(c1cccnc1)c1cccnc1. The highest BCUT2D eigenvalue weighted by Crippen LogP contribution is 2.35. The molecular weight excluding hydrogens is 418 g/mol. The zero-order valence-corrected chi connectivity index (χ0v) is 18.1. The van der Waals surface area contributed by atoms with E-state index in [1.54, 1.807) is 30.9 Å². The molecule has 0 radical (unpaired) electrons. The van der Waals surface area contributed by atoms with Gasteiger partial charge in [0.2, 0.25) is 5.91 Å². The lowest BCUT2D eigenvalue weighted by Gasteiger charge is -2.22. The average Bonchev–Trinajstić information content (AvgIpc) is 2.85. The first-order valence-electron chi connectivity index (χ1n) is 10.9. The van der Waals surface area contributed by atoms with E-state index in [4.69, 9.17) is 9.84 Å². The van der Waals surface area contributed by atoms with Crippen LogP contribution in [0.25, 0.3) is 5.57 Å². The maximum absolute atomic E-state index is 12.9. The number of aliphatic carboxylic acids is 1. The molecule has 7 nitrogen and oxygen atoms in total. The molecule has 7 heteroatoms. The molecule has 2 aromatic heterocycles. The van der Waals surface area contributed by atoms with E-state index in [9.17, 15) is 9.59 Å². The summed E-state index contributed by atoms with van der Waals surface area (Å²) in [6.07, 6.45) is 11.6. The fourth-order valence-corrected chi connectivity index (χ4v) is 4.07. The normalized spacial score (nSPS) is 12.6. The number of carboxylic acids is 1. The number of hydrogen-bond acceptors (Lipinski definition) is 5. The van der Waals surface area contributed by atoms with Crippen molar-refractivity contribution in [2.45, 2.75) is 31.7 Å². The Morgan fingerprint density at radius 2 is 1.76 bits per heavy atom. The molecule has 2 heterocycles. The summed E-state index contributed by atoms with van der Waals surface area (Å²) < 4.78 is 5.47. The molecule has 1 aromatic carbocycles. The second-order valence-electron chi connectivity index (χ2n) is 7.81. The van der Waals surface area contributed by atoms with Crippen molar-refractivity contribution in [2.75, 3.05) is 6.61 Å². The smallest absolute Gasteiger partial charge is 0.341 e. The van der Waals surface area contributed by atoms with Crippen molar-refractivity contribution < 1.29 is 19.4 Å². The molecule has 0 unspecified atom stereocenters. The van der Waals surface area contributed by atoms with Gasteiger partial charge in [0.1, 0.15) is 5.75 Å². The zero-order valence-electron chi connectivity index (χ0n) is 18.1. The Balaban J connectivity index is 1.45. The van der Waals surface area contributed by atoms with Crippen molar-refractivity contribution >= 4 is 17.4 Å². The highest BCUT2D eigenvalue weighted by atomic mass is 16.5. The number of pyridine rings is 2. The van der Waals surface area contributed by atoms with Crippen LogP contribution in [0.4, 0.5) is 0 Å². The first kappa shape index (κ1) is 22.2. The number of carboxylic acid groups (broad SMARTS) is 1. The van der Waals surface area contributed by atoms with E-state index in [1.807, 2.05) is 36.4 Å². The number of nitrogens with one attached hydrogen (secondary N) is 1. The summed E-state index contributed by atoms with van der Waals surface area (Å²) in [5.41, 5.74) is 4.88. The summed E-state index contributed by atoms with van der Waals surface area (Å²) in [6.45, 7) is -0.373. The van der Waals surface area contributed by atoms with Crippen molar-refractivity contribution in [3.63, 3.8) is 0 Å². The Morgan fingerprint density at radius 3 is 2.39 bits per heavy atom. The Labute approximate surface area is 192 Å². The van der Waals surface area contributed by atoms with Crippen LogP contribution in [-0.4, -0.2) is 33.6 Å². The molecule has 0 spiro atoms. The predicted octanol–water partition coefficient (Wildman–Crippen LogP) is 3.96. The van der Waals surface area contributed by atoms with Crippen LogP contribution in [0.5, 0.6) is 5.75 Å². The number of aromatic nitrogens is 2. The Morgan fingerprint density at radius 1 is 1.03 bits per heavy atom. The third kappa shape index (κ3) is 5.63. The number of rotatable bonds is 9. The van der Waals surface area contributed by atoms with Gasteiger partial charge < -0.3 is 15.2 Å². The maximum atomic E-state index is 12.9. The number of amides is 1. The van der Waals surface area contributed by atoms with Crippen molar-refractivity contribution in [1.29, 1.82) is 0 Å². The number of carbonyl (C=O) groups excluding carboxylic acids is 1. The van der Waals surface area contributed by atoms with E-state index < -0.39 is 5.97 Å². The van der Waals surface area contributed by atoms with Gasteiger partial charge in [-0.1, -0.05) is 30.3 Å². The van der Waals surface area contributed by atoms with Crippen LogP contribution in [0, 0.1) is 0 Å². The van der Waals surface area contributed by atoms with Crippen LogP contribution in [-0.2, 0) is 16.0 Å². The summed E-state index contributed by atoms with van der Waals surface area (Å²) in [6, 6.07) is 12.9. The van der Waals surface area contributed by atoms with Gasteiger partial charge in [-0.2, -0.15) is 0 Å². The van der Waals surface area contributed by atoms with Crippen molar-refractivity contribution in [1.82, 2.24) is 15.3 Å². The number of fused-ring (bicyclic) bond motifs is 1. The van der Waals surface area contributed by atoms with E-state index in [-0.39, 0.29) is 18.6 Å². The molecule has 0 bridgehead atoms. The zero-order chi connectivity index (χ0) is 23.0. The lowest BCUT2D eigenvalue weighted by molar-refractivity contribution is -0.139. The lowest BCUT2D eigenvalue weighted by atomic mass is 9.88. The van der Waals surface area contributed by atoms with Gasteiger partial charge in [0.05, 0.1) is 6.04 Å². The molecule has 4 rings (SSSR count). The minimum Gasteiger partial charge on any atom is -0.482 e. The van der Waals surface area contributed by atoms with E-state index in [2.05, 4.69) is 21.4 Å². The van der Waals surface area contributed by atoms with Gasteiger partial charge in [-0.15, -0.1) is 0 Å². The van der Waals surface area contributed by atoms with Gasteiger partial charge in [0.15, 0.2) is 6.61 Å². The van der Waals surface area contributed by atoms with Gasteiger partial charge in [-0.05, 0) is 59.7 Å². The highest BCUT2D eigenvalue weighted by Gasteiger charge is 2.20. The molecule has 168 valence electrons. The molecular formula is C26H25N3O4. The van der Waals surface area contributed by atoms with Crippen molar-refractivity contribution in [3.05, 3.63) is 95.6 Å². The number of ether oxygens (including phenoxy) is 1. The van der Waals surface area contributed by atoms with Crippen LogP contribution in [0.3, 0.4) is 0 Å². The lowest BCUT2D eigenvalue weighted by Crippen LogP contribution is -2.29. The third-order valence-corrected chi connectivity index (χ3v) is 5.58. The summed E-state index contributed by atoms with van der Waals surface area (Å²) in [5.74, 6) is -0.482. The molecule has 0 saturated carbocycles. The number of allylic oxidation sites excluding steroid dienone is 2. The maximum Gasteiger partial charge on any atom is 0.341 e. The van der Waals surface area contributed by atoms with Gasteiger partial charge >= 0.3 is 5.97 Å². The fraction of sp³-hybridized carbons (Fsp3) is 0.231. The molecule has 0 atom stereocenters. The summed E-state index contributed by atoms with van der Waals surface area (Å²) in [7, 11) is 0. The number of hydrogen-bond donors (Lipinski definition) is 2. The molecule has 2 N–H and O–H groups in total. The monoisotopic (exact) mass is 443 g/mol. The quantitative estimate of drug-likeness (QED) is 0.519. The van der Waals surface area contributed by atoms with E-state index in [1.165, 1.54) is 0 Å². The highest BCUT2D eigenvalue weighted by molar-refractivity contribution is 5.81. The van der Waals surface area contributed by atoms with Gasteiger partial charge in [0, 0.05) is 36.8 Å². The molecule has 0 fully saturated rings. The van der Waals surface area contributed by atoms with Crippen molar-refractivity contribution in [3.8, 4) is 5.75 Å². The summed E-state index contributed by atoms with van der Waals surface area (Å²) >= 11 is 0. The third-order valence-electron chi connectivity index (χ3n) is 5.58. The standard InChI is InChI=1S/C26H25N3O4/c30-24(29-26(19-6-3-13-27-15-19)20-7-4-14-28-16-20)12-11-18-5-1-9-22-21(18)8-2-10-23(22)33-17-25(31)32/h2-8,10,13-16,26H,1,9,11-12,17H2,(H,29,30)(H,31,32). The summed E-state index contributed by atoms with van der Waals surface area (Å²) in [5, 5.41) is 12.0. The minimum absolute atomic E-state index is 0.0704. The molecule has 0 saturated heterocycles. The second kappa shape index (κ2) is 10.5. The molecule has 3 aromatic rings. The van der Waals surface area contributed by atoms with E-state index in [0.717, 1.165) is 40.7 Å². The minimum atomic E-state index is -1.01. The number of carbonyl (C=O) groups is 2. The fourth-order valence-electron chi connectivity index (χ4n) is 4.07. The van der Waals surface area contributed by atoms with E-state index in [0.29, 0.717) is 18.6 Å². The van der Waals surface area contributed by atoms with Gasteiger partial charge in [0.25, 0.3) is 0 Å². The Kier molecular flexibility index (Phi) is 7.09. The first-order chi connectivity index (χ1) is 16.1.